The van der Waals surface area contributed by atoms with E-state index >= 15 is 0 Å². The first-order chi connectivity index (χ1) is 35.0. The number of rotatable bonds is 25. The fraction of sp³-hybridized carbons (Fsp3) is 0.547. The molecule has 0 radical (unpaired) electrons. The molecule has 0 spiro atoms. The Morgan fingerprint density at radius 2 is 1.47 bits per heavy atom. The molecule has 19 heteroatoms. The Bertz CT molecular complexity index is 2680. The van der Waals surface area contributed by atoms with Crippen LogP contribution in [0, 0.1) is 6.92 Å². The van der Waals surface area contributed by atoms with E-state index in [1.54, 1.807) is 42.1 Å². The van der Waals surface area contributed by atoms with Gasteiger partial charge < -0.3 is 29.9 Å². The Morgan fingerprint density at radius 3 is 2.15 bits per heavy atom. The fourth-order valence-corrected chi connectivity index (χ4v) is 10.3. The third-order valence-electron chi connectivity index (χ3n) is 14.2. The molecular formula is C53H68N10O9. The van der Waals surface area contributed by atoms with Crippen LogP contribution in [-0.4, -0.2) is 130 Å². The molecule has 5 amide bonds. The number of hydrogen-bond acceptors (Lipinski definition) is 15. The summed E-state index contributed by atoms with van der Waals surface area (Å²) in [5.41, 5.74) is 3.15. The Hall–Kier alpha value is -6.60. The van der Waals surface area contributed by atoms with Crippen LogP contribution in [0.25, 0.3) is 11.0 Å². The van der Waals surface area contributed by atoms with E-state index < -0.39 is 29.7 Å². The zero-order valence-electron chi connectivity index (χ0n) is 41.7. The van der Waals surface area contributed by atoms with Gasteiger partial charge in [0, 0.05) is 95.3 Å². The van der Waals surface area contributed by atoms with Gasteiger partial charge in [0.15, 0.2) is 5.78 Å². The van der Waals surface area contributed by atoms with Gasteiger partial charge in [-0.05, 0) is 108 Å². The highest BCUT2D eigenvalue weighted by atomic mass is 16.5. The Morgan fingerprint density at radius 1 is 0.778 bits per heavy atom. The highest BCUT2D eigenvalue weighted by molar-refractivity contribution is 6.25. The van der Waals surface area contributed by atoms with Crippen molar-refractivity contribution in [1.82, 2.24) is 34.6 Å². The van der Waals surface area contributed by atoms with Gasteiger partial charge in [-0.1, -0.05) is 31.7 Å². The first-order valence-corrected chi connectivity index (χ1v) is 25.9. The molecule has 72 heavy (non-hydrogen) atoms. The molecule has 2 saturated heterocycles. The molecule has 1 aromatic carbocycles. The molecule has 1 saturated carbocycles. The van der Waals surface area contributed by atoms with Gasteiger partial charge in [-0.2, -0.15) is 4.98 Å². The van der Waals surface area contributed by atoms with E-state index in [-0.39, 0.29) is 52.8 Å². The van der Waals surface area contributed by atoms with E-state index in [2.05, 4.69) is 30.8 Å². The molecule has 19 nitrogen and oxygen atoms in total. The van der Waals surface area contributed by atoms with Crippen molar-refractivity contribution in [3.63, 3.8) is 0 Å². The third-order valence-corrected chi connectivity index (χ3v) is 14.2. The number of Topliss-reactive ketones (excluding diaryl/α,β-unsaturated/α-hetero) is 1. The summed E-state index contributed by atoms with van der Waals surface area (Å²) in [7, 11) is 0. The number of piperidine rings is 1. The summed E-state index contributed by atoms with van der Waals surface area (Å²) in [6.45, 7) is 9.38. The molecule has 1 aliphatic carbocycles. The number of aryl methyl sites for hydroxylation is 1. The normalized spacial score (nSPS) is 17.2. The van der Waals surface area contributed by atoms with E-state index in [0.29, 0.717) is 93.0 Å². The van der Waals surface area contributed by atoms with Crippen LogP contribution in [0.4, 0.5) is 23.1 Å². The van der Waals surface area contributed by atoms with E-state index in [1.165, 1.54) is 6.92 Å². The number of carbonyl (C=O) groups excluding carboxylic acids is 6. The quantitative estimate of drug-likeness (QED) is 0.0359. The minimum atomic E-state index is -0.985. The van der Waals surface area contributed by atoms with Crippen LogP contribution in [0.3, 0.4) is 0 Å². The number of nitrogens with zero attached hydrogens (tertiary/aromatic N) is 7. The van der Waals surface area contributed by atoms with Crippen LogP contribution in [0.2, 0.25) is 0 Å². The molecule has 3 fully saturated rings. The van der Waals surface area contributed by atoms with E-state index in [1.807, 2.05) is 17.0 Å². The Kier molecular flexibility index (Phi) is 17.7. The number of amides is 5. The zero-order chi connectivity index (χ0) is 50.6. The van der Waals surface area contributed by atoms with Gasteiger partial charge in [0.2, 0.25) is 23.7 Å². The predicted octanol–water partition coefficient (Wildman–Crippen LogP) is 6.65. The van der Waals surface area contributed by atoms with Crippen LogP contribution in [0.1, 0.15) is 152 Å². The molecule has 384 valence electrons. The lowest BCUT2D eigenvalue weighted by Gasteiger charge is -2.36. The third kappa shape index (κ3) is 12.3. The number of pyridine rings is 2. The highest BCUT2D eigenvalue weighted by Gasteiger charge is 2.45. The predicted molar refractivity (Wildman–Crippen MR) is 272 cm³/mol. The van der Waals surface area contributed by atoms with Crippen LogP contribution in [0.15, 0.2) is 47.5 Å². The monoisotopic (exact) mass is 989 g/mol. The molecular weight excluding hydrogens is 921 g/mol. The zero-order valence-corrected chi connectivity index (χ0v) is 41.7. The van der Waals surface area contributed by atoms with Crippen molar-refractivity contribution < 1.29 is 38.2 Å². The number of nitrogens with one attached hydrogen (secondary N) is 3. The van der Waals surface area contributed by atoms with Gasteiger partial charge in [0.25, 0.3) is 17.4 Å². The molecule has 1 unspecified atom stereocenters. The van der Waals surface area contributed by atoms with Crippen molar-refractivity contribution in [1.29, 1.82) is 0 Å². The van der Waals surface area contributed by atoms with Crippen molar-refractivity contribution in [2.24, 2.45) is 0 Å². The van der Waals surface area contributed by atoms with Gasteiger partial charge in [0.05, 0.1) is 28.6 Å². The Labute approximate surface area is 419 Å². The molecule has 4 aromatic rings. The minimum Gasteiger partial charge on any atom is -0.384 e. The van der Waals surface area contributed by atoms with Gasteiger partial charge >= 0.3 is 0 Å². The van der Waals surface area contributed by atoms with Gasteiger partial charge in [-0.15, -0.1) is 0 Å². The second-order valence-electron chi connectivity index (χ2n) is 19.3. The maximum Gasteiger partial charge on any atom is 0.264 e. The molecule has 3 N–H and O–H groups in total. The number of fused-ring (bicyclic) bond motifs is 2. The first-order valence-electron chi connectivity index (χ1n) is 25.9. The molecule has 0 bridgehead atoms. The smallest absolute Gasteiger partial charge is 0.264 e. The SMILES string of the molecule is CC(=O)c1c(C)c2cnc(Nc3ccc(N4CCN(C(=O)CCCCOCCCCCOCCCCCCNc5cccc6c5C(=O)N(C5CCC(=O)NC5=O)C6=O)CC4)cn3)nc2n(C2CCCC2)c1=O. The average molecular weight is 989 g/mol. The standard InChI is InChI=1S/C53H68N10O9/c1-35-40-34-56-53(59-48(40)62(37-15-6-7-16-37)51(69)46(35)36(2)64)57-43-22-20-38(33-55-43)60-25-27-61(28-26-60)45(66)19-8-13-32-72-31-12-5-11-30-71-29-10-4-3-9-24-54-41-18-14-17-39-47(41)52(70)63(50(39)68)42-21-23-44(65)58-49(42)67/h14,17-18,20,22,33-34,37,42,54H,3-13,15-16,19,21,23-32H2,1-2H3,(H,58,65,67)(H,55,56,57,59). The van der Waals surface area contributed by atoms with Crippen LogP contribution < -0.4 is 26.4 Å². The largest absolute Gasteiger partial charge is 0.384 e. The number of anilines is 4. The molecule has 4 aliphatic rings. The lowest BCUT2D eigenvalue weighted by atomic mass is 10.0. The van der Waals surface area contributed by atoms with Gasteiger partial charge in [-0.3, -0.25) is 48.3 Å². The molecule has 3 aliphatic heterocycles. The number of ketones is 1. The van der Waals surface area contributed by atoms with Crippen molar-refractivity contribution in [3.05, 3.63) is 75.3 Å². The number of ether oxygens (including phenoxy) is 2. The number of carbonyl (C=O) groups is 6. The van der Waals surface area contributed by atoms with Crippen LogP contribution >= 0.6 is 0 Å². The summed E-state index contributed by atoms with van der Waals surface area (Å²) in [6.07, 6.45) is 16.5. The van der Waals surface area contributed by atoms with Gasteiger partial charge in [0.1, 0.15) is 17.5 Å². The van der Waals surface area contributed by atoms with Crippen molar-refractivity contribution >= 4 is 69.5 Å². The number of piperazine rings is 1. The molecule has 1 atom stereocenters. The number of hydrogen-bond donors (Lipinski definition) is 3. The van der Waals surface area contributed by atoms with Crippen LogP contribution in [-0.2, 0) is 23.9 Å². The van der Waals surface area contributed by atoms with Gasteiger partial charge in [-0.25, -0.2) is 9.97 Å². The lowest BCUT2D eigenvalue weighted by Crippen LogP contribution is -2.54. The summed E-state index contributed by atoms with van der Waals surface area (Å²) in [6, 6.07) is 7.97. The second kappa shape index (κ2) is 24.7. The maximum atomic E-state index is 13.6. The first kappa shape index (κ1) is 51.7. The average Bonchev–Trinajstić information content (AvgIpc) is 3.99. The topological polar surface area (TPSA) is 227 Å². The number of aromatic nitrogens is 4. The lowest BCUT2D eigenvalue weighted by molar-refractivity contribution is -0.136. The number of unbranched alkanes of at least 4 members (excludes halogenated alkanes) is 6. The number of benzene rings is 1. The summed E-state index contributed by atoms with van der Waals surface area (Å²) < 4.78 is 13.4. The van der Waals surface area contributed by atoms with Crippen molar-refractivity contribution in [2.45, 2.75) is 129 Å². The molecule has 3 aromatic heterocycles. The summed E-state index contributed by atoms with van der Waals surface area (Å²) in [4.78, 5) is 108. The molecule has 6 heterocycles. The van der Waals surface area contributed by atoms with E-state index in [0.717, 1.165) is 101 Å². The minimum absolute atomic E-state index is 0.00164. The maximum absolute atomic E-state index is 13.6. The fourth-order valence-electron chi connectivity index (χ4n) is 10.3. The second-order valence-corrected chi connectivity index (χ2v) is 19.3. The summed E-state index contributed by atoms with van der Waals surface area (Å²) >= 11 is 0. The summed E-state index contributed by atoms with van der Waals surface area (Å²) in [5, 5.41) is 9.41. The van der Waals surface area contributed by atoms with Crippen molar-refractivity contribution in [3.8, 4) is 0 Å². The molecule has 8 rings (SSSR count). The van der Waals surface area contributed by atoms with E-state index in [9.17, 15) is 33.6 Å². The van der Waals surface area contributed by atoms with E-state index in [4.69, 9.17) is 14.5 Å². The Balaban J connectivity index is 0.627. The van der Waals surface area contributed by atoms with Crippen molar-refractivity contribution in [2.75, 3.05) is 74.7 Å². The number of imide groups is 2. The summed E-state index contributed by atoms with van der Waals surface area (Å²) in [5.74, 6) is -1.22. The van der Waals surface area contributed by atoms with Crippen LogP contribution in [0.5, 0.6) is 0 Å². The highest BCUT2D eigenvalue weighted by Crippen LogP contribution is 2.34.